The second-order valence-corrected chi connectivity index (χ2v) is 7.62. The fourth-order valence-corrected chi connectivity index (χ4v) is 4.59. The molecule has 1 aliphatic carbocycles. The Morgan fingerprint density at radius 2 is 1.96 bits per heavy atom. The van der Waals surface area contributed by atoms with E-state index in [9.17, 15) is 4.79 Å². The lowest BCUT2D eigenvalue weighted by Crippen LogP contribution is -2.45. The minimum absolute atomic E-state index is 0.166. The van der Waals surface area contributed by atoms with Crippen molar-refractivity contribution in [2.24, 2.45) is 5.92 Å². The third kappa shape index (κ3) is 3.03. The van der Waals surface area contributed by atoms with Crippen molar-refractivity contribution in [2.45, 2.75) is 63.5 Å². The van der Waals surface area contributed by atoms with Gasteiger partial charge in [-0.2, -0.15) is 0 Å². The molecule has 126 valence electrons. The normalized spacial score (nSPS) is 30.0. The summed E-state index contributed by atoms with van der Waals surface area (Å²) in [6.45, 7) is 2.60. The highest BCUT2D eigenvalue weighted by Crippen LogP contribution is 2.33. The average molecular weight is 317 g/mol. The van der Waals surface area contributed by atoms with Crippen molar-refractivity contribution in [1.29, 1.82) is 0 Å². The minimum atomic E-state index is 0.166. The largest absolute Gasteiger partial charge is 0.360 e. The molecule has 4 fully saturated rings. The third-order valence-corrected chi connectivity index (χ3v) is 6.02. The molecule has 5 nitrogen and oxygen atoms in total. The van der Waals surface area contributed by atoms with Crippen LogP contribution in [0.2, 0.25) is 0 Å². The number of fused-ring (bicyclic) bond motifs is 4. The Morgan fingerprint density at radius 1 is 1.13 bits per heavy atom. The second-order valence-electron chi connectivity index (χ2n) is 7.62. The molecule has 1 amide bonds. The first-order chi connectivity index (χ1) is 11.2. The fourth-order valence-electron chi connectivity index (χ4n) is 4.59. The highest BCUT2D eigenvalue weighted by Gasteiger charge is 2.38. The van der Waals surface area contributed by atoms with E-state index in [1.807, 2.05) is 11.9 Å². The zero-order valence-electron chi connectivity index (χ0n) is 14.0. The summed E-state index contributed by atoms with van der Waals surface area (Å²) in [7, 11) is 1.96. The third-order valence-electron chi connectivity index (χ3n) is 6.02. The molecule has 1 saturated carbocycles. The van der Waals surface area contributed by atoms with Crippen LogP contribution in [0.25, 0.3) is 0 Å². The number of amides is 1. The zero-order valence-corrected chi connectivity index (χ0v) is 14.0. The molecule has 5 heteroatoms. The summed E-state index contributed by atoms with van der Waals surface area (Å²) >= 11 is 0. The van der Waals surface area contributed by atoms with Crippen LogP contribution in [0.1, 0.15) is 62.3 Å². The number of rotatable bonds is 3. The summed E-state index contributed by atoms with van der Waals surface area (Å²) in [6, 6.07) is 2.52. The van der Waals surface area contributed by atoms with Gasteiger partial charge in [0, 0.05) is 38.2 Å². The fraction of sp³-hybridized carbons (Fsp3) is 0.778. The smallest absolute Gasteiger partial charge is 0.227 e. The van der Waals surface area contributed by atoms with E-state index in [1.54, 1.807) is 0 Å². The number of likely N-dealkylation sites (N-methyl/N-ethyl adjacent to an activating group) is 1. The molecule has 0 spiro atoms. The predicted octanol–water partition coefficient (Wildman–Crippen LogP) is 2.77. The van der Waals surface area contributed by atoms with E-state index >= 15 is 0 Å². The number of hydrogen-bond donors (Lipinski definition) is 0. The van der Waals surface area contributed by atoms with Crippen molar-refractivity contribution < 1.29 is 9.32 Å². The lowest BCUT2D eigenvalue weighted by atomic mass is 9.87. The van der Waals surface area contributed by atoms with Gasteiger partial charge in [0.05, 0.1) is 18.2 Å². The molecule has 2 bridgehead atoms. The molecule has 0 radical (unpaired) electrons. The minimum Gasteiger partial charge on any atom is -0.360 e. The summed E-state index contributed by atoms with van der Waals surface area (Å²) in [4.78, 5) is 16.6. The molecule has 0 unspecified atom stereocenters. The lowest BCUT2D eigenvalue weighted by molar-refractivity contribution is -0.138. The average Bonchev–Trinajstić information content (AvgIpc) is 2.89. The number of carbonyl (C=O) groups is 1. The standard InChI is InChI=1S/C18H27N3O2/c1-20-15-8-7-14(18(20)22)10-21(11-15)12-16-9-17(19-23-16)13-5-3-2-4-6-13/h9,13-15H,2-8,10-12H2,1H3/t14-,15+/m0/s1. The molecule has 23 heavy (non-hydrogen) atoms. The van der Waals surface area contributed by atoms with Gasteiger partial charge in [-0.15, -0.1) is 0 Å². The van der Waals surface area contributed by atoms with Gasteiger partial charge in [0.15, 0.2) is 5.76 Å². The van der Waals surface area contributed by atoms with Gasteiger partial charge in [0.1, 0.15) is 0 Å². The number of carbonyl (C=O) groups excluding carboxylic acids is 1. The molecule has 1 aromatic heterocycles. The van der Waals surface area contributed by atoms with Gasteiger partial charge in [0.25, 0.3) is 0 Å². The lowest BCUT2D eigenvalue weighted by Gasteiger charge is -2.32. The van der Waals surface area contributed by atoms with Crippen LogP contribution < -0.4 is 0 Å². The summed E-state index contributed by atoms with van der Waals surface area (Å²) in [6.07, 6.45) is 8.66. The Balaban J connectivity index is 1.42. The Labute approximate surface area is 138 Å². The highest BCUT2D eigenvalue weighted by atomic mass is 16.5. The number of nitrogens with zero attached hydrogens (tertiary/aromatic N) is 3. The molecule has 1 aromatic rings. The maximum absolute atomic E-state index is 12.3. The van der Waals surface area contributed by atoms with Crippen LogP contribution in [0.15, 0.2) is 10.6 Å². The van der Waals surface area contributed by atoms with Crippen molar-refractivity contribution in [2.75, 3.05) is 20.1 Å². The number of hydrogen-bond acceptors (Lipinski definition) is 4. The van der Waals surface area contributed by atoms with Crippen molar-refractivity contribution >= 4 is 5.91 Å². The first-order valence-electron chi connectivity index (χ1n) is 9.15. The topological polar surface area (TPSA) is 49.6 Å². The van der Waals surface area contributed by atoms with Gasteiger partial charge in [-0.1, -0.05) is 24.4 Å². The Bertz CT molecular complexity index is 564. The Morgan fingerprint density at radius 3 is 2.78 bits per heavy atom. The van der Waals surface area contributed by atoms with Gasteiger partial charge in [0.2, 0.25) is 5.91 Å². The van der Waals surface area contributed by atoms with E-state index < -0.39 is 0 Å². The Kier molecular flexibility index (Phi) is 4.14. The Hall–Kier alpha value is -1.36. The van der Waals surface area contributed by atoms with E-state index in [1.165, 1.54) is 32.1 Å². The highest BCUT2D eigenvalue weighted by molar-refractivity contribution is 5.80. The molecular formula is C18H27N3O2. The zero-order chi connectivity index (χ0) is 15.8. The van der Waals surface area contributed by atoms with Crippen LogP contribution in [0.3, 0.4) is 0 Å². The molecule has 3 saturated heterocycles. The maximum Gasteiger partial charge on any atom is 0.227 e. The van der Waals surface area contributed by atoms with E-state index in [0.29, 0.717) is 17.9 Å². The van der Waals surface area contributed by atoms with Crippen LogP contribution >= 0.6 is 0 Å². The molecule has 4 aliphatic rings. The molecule has 0 aromatic carbocycles. The van der Waals surface area contributed by atoms with Gasteiger partial charge in [-0.05, 0) is 25.7 Å². The van der Waals surface area contributed by atoms with Crippen LogP contribution in [0.5, 0.6) is 0 Å². The monoisotopic (exact) mass is 317 g/mol. The summed E-state index contributed by atoms with van der Waals surface area (Å²) in [5.74, 6) is 2.04. The van der Waals surface area contributed by atoms with E-state index in [0.717, 1.165) is 43.9 Å². The van der Waals surface area contributed by atoms with Gasteiger partial charge in [-0.25, -0.2) is 0 Å². The van der Waals surface area contributed by atoms with Crippen LogP contribution in [-0.4, -0.2) is 47.0 Å². The van der Waals surface area contributed by atoms with Crippen molar-refractivity contribution in [1.82, 2.24) is 15.0 Å². The predicted molar refractivity (Wildman–Crippen MR) is 86.9 cm³/mol. The van der Waals surface area contributed by atoms with E-state index in [4.69, 9.17) is 4.52 Å². The quantitative estimate of drug-likeness (QED) is 0.860. The molecule has 4 heterocycles. The first-order valence-corrected chi connectivity index (χ1v) is 9.15. The summed E-state index contributed by atoms with van der Waals surface area (Å²) in [5.41, 5.74) is 1.14. The second kappa shape index (κ2) is 6.27. The van der Waals surface area contributed by atoms with Crippen LogP contribution in [0.4, 0.5) is 0 Å². The van der Waals surface area contributed by atoms with Crippen molar-refractivity contribution in [3.63, 3.8) is 0 Å². The number of aromatic nitrogens is 1. The van der Waals surface area contributed by atoms with Crippen LogP contribution in [-0.2, 0) is 11.3 Å². The van der Waals surface area contributed by atoms with Crippen molar-refractivity contribution in [3.05, 3.63) is 17.5 Å². The van der Waals surface area contributed by atoms with Crippen LogP contribution in [0, 0.1) is 5.92 Å². The first kappa shape index (κ1) is 15.2. The van der Waals surface area contributed by atoms with E-state index in [2.05, 4.69) is 16.1 Å². The molecule has 2 atom stereocenters. The van der Waals surface area contributed by atoms with Crippen molar-refractivity contribution in [3.8, 4) is 0 Å². The van der Waals surface area contributed by atoms with Gasteiger partial charge in [-0.3, -0.25) is 9.69 Å². The molecule has 3 aliphatic heterocycles. The summed E-state index contributed by atoms with van der Waals surface area (Å²) < 4.78 is 5.62. The van der Waals surface area contributed by atoms with E-state index in [-0.39, 0.29) is 5.92 Å². The maximum atomic E-state index is 12.3. The van der Waals surface area contributed by atoms with Gasteiger partial charge < -0.3 is 9.42 Å². The van der Waals surface area contributed by atoms with Gasteiger partial charge >= 0.3 is 0 Å². The SMILES string of the molecule is CN1C(=O)[C@H]2CC[C@@H]1CN(Cc1cc(C3CCCCC3)no1)C2. The summed E-state index contributed by atoms with van der Waals surface area (Å²) in [5, 5.41) is 4.33. The number of piperidine rings is 1. The molecular weight excluding hydrogens is 290 g/mol. The molecule has 0 N–H and O–H groups in total. The molecule has 5 rings (SSSR count).